The van der Waals surface area contributed by atoms with Gasteiger partial charge in [-0.15, -0.1) is 0 Å². The lowest BCUT2D eigenvalue weighted by atomic mass is 9.82. The topological polar surface area (TPSA) is 63.6 Å². The summed E-state index contributed by atoms with van der Waals surface area (Å²) in [6.45, 7) is 4.52. The van der Waals surface area contributed by atoms with Crippen molar-refractivity contribution >= 4 is 11.8 Å². The average Bonchev–Trinajstić information content (AvgIpc) is 2.42. The predicted molar refractivity (Wildman–Crippen MR) is 72.4 cm³/mol. The highest BCUT2D eigenvalue weighted by Crippen LogP contribution is 2.30. The molecule has 1 rings (SSSR count). The van der Waals surface area contributed by atoms with Crippen LogP contribution < -0.4 is 0 Å². The third kappa shape index (κ3) is 3.51. The second-order valence-electron chi connectivity index (χ2n) is 4.37. The van der Waals surface area contributed by atoms with E-state index in [0.717, 1.165) is 6.08 Å². The molecule has 1 aliphatic carbocycles. The summed E-state index contributed by atoms with van der Waals surface area (Å²) in [5.41, 5.74) is -1.07. The van der Waals surface area contributed by atoms with Crippen molar-refractivity contribution < 1.29 is 22.2 Å². The number of aliphatic hydroxyl groups is 1. The third-order valence-corrected chi connectivity index (χ3v) is 2.84. The van der Waals surface area contributed by atoms with Crippen molar-refractivity contribution in [2.45, 2.75) is 26.4 Å². The lowest BCUT2D eigenvalue weighted by Gasteiger charge is -2.29. The minimum Gasteiger partial charge on any atom is -0.466 e. The Labute approximate surface area is 115 Å². The highest BCUT2D eigenvalue weighted by Gasteiger charge is 2.31. The van der Waals surface area contributed by atoms with Gasteiger partial charge in [0.2, 0.25) is 0 Å². The molecule has 19 heavy (non-hydrogen) atoms. The van der Waals surface area contributed by atoms with Gasteiger partial charge in [0.25, 0.3) is 0 Å². The Bertz CT molecular complexity index is 587. The van der Waals surface area contributed by atoms with Gasteiger partial charge in [0.1, 0.15) is 5.60 Å². The van der Waals surface area contributed by atoms with Crippen LogP contribution >= 0.6 is 0 Å². The standard InChI is InChI=1S/C15H18O4/c1-10(7-14(17)19-4)5-6-15(18)11(2)8-13(16)9-12(15)3/h5-9,18H,1-4H3/b6-5+,10-7-/i5D,6D. The Hall–Kier alpha value is -1.94. The van der Waals surface area contributed by atoms with Crippen molar-refractivity contribution in [1.29, 1.82) is 0 Å². The van der Waals surface area contributed by atoms with Crippen molar-refractivity contribution in [2.24, 2.45) is 0 Å². The Morgan fingerprint density at radius 2 is 1.95 bits per heavy atom. The van der Waals surface area contributed by atoms with Gasteiger partial charge in [-0.2, -0.15) is 0 Å². The quantitative estimate of drug-likeness (QED) is 0.480. The van der Waals surface area contributed by atoms with E-state index in [0.29, 0.717) is 0 Å². The average molecular weight is 264 g/mol. The van der Waals surface area contributed by atoms with E-state index in [1.165, 1.54) is 40.0 Å². The van der Waals surface area contributed by atoms with E-state index in [1.54, 1.807) is 0 Å². The first-order valence-corrected chi connectivity index (χ1v) is 5.73. The normalized spacial score (nSPS) is 21.7. The first-order valence-electron chi connectivity index (χ1n) is 6.73. The van der Waals surface area contributed by atoms with Crippen LogP contribution in [0.1, 0.15) is 23.5 Å². The molecule has 1 aliphatic rings. The van der Waals surface area contributed by atoms with Gasteiger partial charge in [-0.1, -0.05) is 6.05 Å². The van der Waals surface area contributed by atoms with E-state index < -0.39 is 17.6 Å². The molecule has 0 atom stereocenters. The van der Waals surface area contributed by atoms with Crippen molar-refractivity contribution in [3.63, 3.8) is 0 Å². The van der Waals surface area contributed by atoms with E-state index in [-0.39, 0.29) is 28.6 Å². The molecule has 4 nitrogen and oxygen atoms in total. The second kappa shape index (κ2) is 5.80. The number of ketones is 1. The molecular weight excluding hydrogens is 244 g/mol. The number of carbonyl (C=O) groups excluding carboxylic acids is 2. The fourth-order valence-electron chi connectivity index (χ4n) is 1.65. The van der Waals surface area contributed by atoms with Gasteiger partial charge in [0, 0.05) is 6.08 Å². The van der Waals surface area contributed by atoms with Gasteiger partial charge in [-0.05, 0) is 55.7 Å². The molecule has 0 aromatic carbocycles. The first-order chi connectivity index (χ1) is 9.64. The SMILES string of the molecule is [2H]C(/C(C)=C\C(=O)OC)=C(/[2H])C1(O)C(C)=CC(=O)C=C1C. The highest BCUT2D eigenvalue weighted by atomic mass is 16.5. The number of carbonyl (C=O) groups is 2. The number of rotatable bonds is 3. The molecule has 4 heteroatoms. The maximum atomic E-state index is 11.4. The minimum atomic E-state index is -1.81. The van der Waals surface area contributed by atoms with Crippen LogP contribution in [0.3, 0.4) is 0 Å². The highest BCUT2D eigenvalue weighted by molar-refractivity contribution is 6.02. The minimum absolute atomic E-state index is 0.192. The molecule has 0 bridgehead atoms. The van der Waals surface area contributed by atoms with Gasteiger partial charge in [0.05, 0.1) is 9.85 Å². The summed E-state index contributed by atoms with van der Waals surface area (Å²) in [4.78, 5) is 22.6. The molecule has 1 N–H and O–H groups in total. The largest absolute Gasteiger partial charge is 0.466 e. The summed E-state index contributed by atoms with van der Waals surface area (Å²) in [6.07, 6.45) is 3.54. The zero-order chi connectivity index (χ0) is 16.4. The molecule has 0 amide bonds. The van der Waals surface area contributed by atoms with Gasteiger partial charge >= 0.3 is 5.97 Å². The predicted octanol–water partition coefficient (Wildman–Crippen LogP) is 1.87. The van der Waals surface area contributed by atoms with Gasteiger partial charge in [-0.25, -0.2) is 4.79 Å². The molecule has 0 fully saturated rings. The summed E-state index contributed by atoms with van der Waals surface area (Å²) in [6, 6.07) is -0.687. The number of esters is 1. The summed E-state index contributed by atoms with van der Waals surface area (Å²) >= 11 is 0. The lowest BCUT2D eigenvalue weighted by molar-refractivity contribution is -0.134. The molecular formula is C15H18O4. The van der Waals surface area contributed by atoms with Crippen LogP contribution in [0, 0.1) is 0 Å². The molecule has 102 valence electrons. The zero-order valence-corrected chi connectivity index (χ0v) is 11.4. The van der Waals surface area contributed by atoms with Crippen LogP contribution in [0.4, 0.5) is 0 Å². The molecule has 0 radical (unpaired) electrons. The number of hydrogen-bond acceptors (Lipinski definition) is 4. The van der Waals surface area contributed by atoms with Gasteiger partial charge in [-0.3, -0.25) is 4.79 Å². The first kappa shape index (κ1) is 12.1. The maximum absolute atomic E-state index is 11.4. The fourth-order valence-corrected chi connectivity index (χ4v) is 1.65. The summed E-state index contributed by atoms with van der Waals surface area (Å²) < 4.78 is 20.5. The van der Waals surface area contributed by atoms with Crippen LogP contribution in [-0.2, 0) is 14.3 Å². The molecule has 0 spiro atoms. The van der Waals surface area contributed by atoms with Crippen molar-refractivity contribution in [3.8, 4) is 0 Å². The van der Waals surface area contributed by atoms with E-state index >= 15 is 0 Å². The number of methoxy groups -OCH3 is 1. The molecule has 0 aliphatic heterocycles. The lowest BCUT2D eigenvalue weighted by Crippen LogP contribution is -2.32. The molecule has 0 saturated carbocycles. The molecule has 0 heterocycles. The molecule has 0 unspecified atom stereocenters. The molecule has 0 aromatic rings. The van der Waals surface area contributed by atoms with Crippen LogP contribution in [0.15, 0.2) is 47.1 Å². The smallest absolute Gasteiger partial charge is 0.330 e. The third-order valence-electron chi connectivity index (χ3n) is 2.84. The molecule has 0 saturated heterocycles. The van der Waals surface area contributed by atoms with E-state index in [9.17, 15) is 14.7 Å². The fraction of sp³-hybridized carbons (Fsp3) is 0.333. The Morgan fingerprint density at radius 1 is 1.42 bits per heavy atom. The van der Waals surface area contributed by atoms with Crippen LogP contribution in [0.2, 0.25) is 0 Å². The zero-order valence-electron chi connectivity index (χ0n) is 13.4. The van der Waals surface area contributed by atoms with Crippen LogP contribution in [0.25, 0.3) is 0 Å². The summed E-state index contributed by atoms with van der Waals surface area (Å²) in [7, 11) is 1.21. The van der Waals surface area contributed by atoms with E-state index in [4.69, 9.17) is 2.74 Å². The summed E-state index contributed by atoms with van der Waals surface area (Å²) in [5.74, 6) is -0.911. The van der Waals surface area contributed by atoms with Crippen LogP contribution in [-0.4, -0.2) is 29.6 Å². The summed E-state index contributed by atoms with van der Waals surface area (Å²) in [5, 5.41) is 10.7. The number of ether oxygens (including phenoxy) is 1. The van der Waals surface area contributed by atoms with Crippen LogP contribution in [0.5, 0.6) is 0 Å². The monoisotopic (exact) mass is 264 g/mol. The van der Waals surface area contributed by atoms with Gasteiger partial charge < -0.3 is 9.84 Å². The van der Waals surface area contributed by atoms with Gasteiger partial charge in [0.15, 0.2) is 5.78 Å². The second-order valence-corrected chi connectivity index (χ2v) is 4.37. The van der Waals surface area contributed by atoms with E-state index in [1.807, 2.05) is 0 Å². The number of allylic oxidation sites excluding steroid dienone is 4. The van der Waals surface area contributed by atoms with E-state index in [2.05, 4.69) is 4.74 Å². The van der Waals surface area contributed by atoms with Crippen molar-refractivity contribution in [3.05, 3.63) is 47.1 Å². The Morgan fingerprint density at radius 3 is 2.42 bits per heavy atom. The molecule has 0 aromatic heterocycles. The number of hydrogen-bond donors (Lipinski definition) is 1. The van der Waals surface area contributed by atoms with Crippen molar-refractivity contribution in [1.82, 2.24) is 0 Å². The Kier molecular flexibility index (Phi) is 3.70. The Balaban J connectivity index is 3.37. The maximum Gasteiger partial charge on any atom is 0.330 e. The van der Waals surface area contributed by atoms with Crippen molar-refractivity contribution in [2.75, 3.05) is 7.11 Å².